The molecule has 3 rings (SSSR count). The lowest BCUT2D eigenvalue weighted by Gasteiger charge is -2.17. The van der Waals surface area contributed by atoms with Crippen LogP contribution >= 0.6 is 0 Å². The third kappa shape index (κ3) is 5.12. The van der Waals surface area contributed by atoms with Gasteiger partial charge in [0, 0.05) is 30.9 Å². The number of nitrogens with one attached hydrogen (secondary N) is 1. The van der Waals surface area contributed by atoms with Gasteiger partial charge < -0.3 is 10.2 Å². The Bertz CT molecular complexity index is 998. The highest BCUT2D eigenvalue weighted by molar-refractivity contribution is 5.92. The monoisotopic (exact) mass is 390 g/mol. The third-order valence-corrected chi connectivity index (χ3v) is 5.16. The van der Waals surface area contributed by atoms with Crippen molar-refractivity contribution in [2.45, 2.75) is 27.7 Å². The largest absolute Gasteiger partial charge is 0.351 e. The molecule has 0 unspecified atom stereocenters. The summed E-state index contributed by atoms with van der Waals surface area (Å²) in [6.07, 6.45) is 5.47. The fraction of sp³-hybridized carbons (Fsp3) is 0.333. The molecule has 0 aliphatic rings. The number of carbonyl (C=O) groups excluding carboxylic acids is 1. The fourth-order valence-electron chi connectivity index (χ4n) is 3.34. The van der Waals surface area contributed by atoms with Crippen LogP contribution in [0.5, 0.6) is 0 Å². The molecular formula is C24H30N4O. The second-order valence-electron chi connectivity index (χ2n) is 7.30. The summed E-state index contributed by atoms with van der Waals surface area (Å²) < 4.78 is 2.03. The number of amides is 1. The van der Waals surface area contributed by atoms with Crippen molar-refractivity contribution < 1.29 is 4.79 Å². The van der Waals surface area contributed by atoms with Gasteiger partial charge in [-0.1, -0.05) is 43.7 Å². The maximum atomic E-state index is 12.3. The third-order valence-electron chi connectivity index (χ3n) is 5.16. The molecule has 5 heteroatoms. The van der Waals surface area contributed by atoms with Crippen molar-refractivity contribution in [1.82, 2.24) is 19.6 Å². The number of pyridine rings is 1. The van der Waals surface area contributed by atoms with Crippen molar-refractivity contribution in [1.29, 1.82) is 0 Å². The van der Waals surface area contributed by atoms with Crippen LogP contribution in [-0.4, -0.2) is 46.4 Å². The van der Waals surface area contributed by atoms with Crippen LogP contribution in [-0.2, 0) is 4.79 Å². The Hall–Kier alpha value is -2.92. The zero-order valence-electron chi connectivity index (χ0n) is 17.8. The van der Waals surface area contributed by atoms with Crippen LogP contribution < -0.4 is 5.32 Å². The van der Waals surface area contributed by atoms with Gasteiger partial charge in [0.2, 0.25) is 5.91 Å². The minimum absolute atomic E-state index is 0.0888. The number of hydrogen-bond donors (Lipinski definition) is 1. The maximum absolute atomic E-state index is 12.3. The number of likely N-dealkylation sites (N-methyl/N-ethyl adjacent to an activating group) is 1. The quantitative estimate of drug-likeness (QED) is 0.590. The number of rotatable bonds is 8. The van der Waals surface area contributed by atoms with Crippen LogP contribution in [0, 0.1) is 13.8 Å². The maximum Gasteiger partial charge on any atom is 0.244 e. The van der Waals surface area contributed by atoms with Crippen molar-refractivity contribution in [3.05, 3.63) is 65.5 Å². The predicted octanol–water partition coefficient (Wildman–Crippen LogP) is 4.09. The van der Waals surface area contributed by atoms with Gasteiger partial charge in [-0.3, -0.25) is 9.20 Å². The average Bonchev–Trinajstić information content (AvgIpc) is 3.07. The Morgan fingerprint density at radius 2 is 1.83 bits per heavy atom. The molecular weight excluding hydrogens is 360 g/mol. The van der Waals surface area contributed by atoms with Gasteiger partial charge in [-0.2, -0.15) is 0 Å². The lowest BCUT2D eigenvalue weighted by Crippen LogP contribution is -2.34. The Morgan fingerprint density at radius 1 is 1.10 bits per heavy atom. The molecule has 5 nitrogen and oxygen atoms in total. The van der Waals surface area contributed by atoms with Crippen LogP contribution in [0.4, 0.5) is 0 Å². The molecule has 0 aliphatic heterocycles. The molecule has 0 saturated carbocycles. The molecule has 2 heterocycles. The number of hydrogen-bond acceptors (Lipinski definition) is 3. The van der Waals surface area contributed by atoms with Crippen LogP contribution in [0.1, 0.15) is 30.7 Å². The lowest BCUT2D eigenvalue weighted by molar-refractivity contribution is -0.116. The number of aryl methyl sites for hydroxylation is 2. The number of imidazole rings is 1. The summed E-state index contributed by atoms with van der Waals surface area (Å²) in [6, 6.07) is 12.4. The van der Waals surface area contributed by atoms with Crippen LogP contribution in [0.2, 0.25) is 0 Å². The molecule has 3 aromatic rings. The van der Waals surface area contributed by atoms with Gasteiger partial charge in [0.15, 0.2) is 0 Å². The first-order valence-electron chi connectivity index (χ1n) is 10.3. The summed E-state index contributed by atoms with van der Waals surface area (Å²) in [6.45, 7) is 11.9. The van der Waals surface area contributed by atoms with E-state index in [4.69, 9.17) is 4.98 Å². The Morgan fingerprint density at radius 3 is 2.52 bits per heavy atom. The molecule has 152 valence electrons. The highest BCUT2D eigenvalue weighted by atomic mass is 16.1. The number of nitrogens with zero attached hydrogens (tertiary/aromatic N) is 3. The molecule has 0 bridgehead atoms. The zero-order valence-corrected chi connectivity index (χ0v) is 17.8. The van der Waals surface area contributed by atoms with E-state index in [2.05, 4.69) is 74.3 Å². The van der Waals surface area contributed by atoms with Crippen LogP contribution in [0.3, 0.4) is 0 Å². The second-order valence-corrected chi connectivity index (χ2v) is 7.30. The highest BCUT2D eigenvalue weighted by Gasteiger charge is 2.12. The molecule has 0 saturated heterocycles. The second kappa shape index (κ2) is 9.52. The first-order valence-corrected chi connectivity index (χ1v) is 10.3. The van der Waals surface area contributed by atoms with Gasteiger partial charge in [0.1, 0.15) is 5.65 Å². The normalized spacial score (nSPS) is 11.6. The first-order chi connectivity index (χ1) is 14.0. The predicted molar refractivity (Wildman–Crippen MR) is 120 cm³/mol. The van der Waals surface area contributed by atoms with E-state index in [1.807, 2.05) is 16.7 Å². The van der Waals surface area contributed by atoms with E-state index in [1.165, 1.54) is 5.56 Å². The summed E-state index contributed by atoms with van der Waals surface area (Å²) >= 11 is 0. The first kappa shape index (κ1) is 20.8. The Kier molecular flexibility index (Phi) is 6.83. The van der Waals surface area contributed by atoms with Gasteiger partial charge in [0.05, 0.1) is 11.4 Å². The van der Waals surface area contributed by atoms with E-state index in [1.54, 1.807) is 6.08 Å². The standard InChI is InChI=1S/C24H30N4O/c1-5-27(6-2)16-14-25-23(29)12-11-21-24(20-9-7-18(3)8-10-20)26-22-17-19(4)13-15-28(21)22/h7-13,15,17H,5-6,14,16H2,1-4H3,(H,25,29)/b12-11+. The molecule has 0 aliphatic carbocycles. The molecule has 0 atom stereocenters. The van der Waals surface area contributed by atoms with E-state index in [0.717, 1.165) is 47.8 Å². The molecule has 29 heavy (non-hydrogen) atoms. The van der Waals surface area contributed by atoms with Crippen molar-refractivity contribution in [3.63, 3.8) is 0 Å². The van der Waals surface area contributed by atoms with Gasteiger partial charge in [-0.15, -0.1) is 0 Å². The summed E-state index contributed by atoms with van der Waals surface area (Å²) in [5.41, 5.74) is 6.06. The molecule has 1 aromatic carbocycles. The summed E-state index contributed by atoms with van der Waals surface area (Å²) in [5.74, 6) is -0.0888. The van der Waals surface area contributed by atoms with Crippen molar-refractivity contribution in [3.8, 4) is 11.3 Å². The average molecular weight is 391 g/mol. The number of benzene rings is 1. The van der Waals surface area contributed by atoms with E-state index < -0.39 is 0 Å². The molecule has 0 radical (unpaired) electrons. The Labute approximate surface area is 173 Å². The van der Waals surface area contributed by atoms with Crippen molar-refractivity contribution >= 4 is 17.6 Å². The van der Waals surface area contributed by atoms with Crippen molar-refractivity contribution in [2.75, 3.05) is 26.2 Å². The van der Waals surface area contributed by atoms with Gasteiger partial charge in [-0.05, 0) is 50.7 Å². The molecule has 0 fully saturated rings. The van der Waals surface area contributed by atoms with E-state index >= 15 is 0 Å². The van der Waals surface area contributed by atoms with E-state index in [9.17, 15) is 4.79 Å². The summed E-state index contributed by atoms with van der Waals surface area (Å²) in [5, 5.41) is 2.97. The van der Waals surface area contributed by atoms with Crippen LogP contribution in [0.25, 0.3) is 23.0 Å². The lowest BCUT2D eigenvalue weighted by atomic mass is 10.1. The van der Waals surface area contributed by atoms with Gasteiger partial charge in [0.25, 0.3) is 0 Å². The summed E-state index contributed by atoms with van der Waals surface area (Å²) in [4.78, 5) is 19.4. The zero-order chi connectivity index (χ0) is 20.8. The number of fused-ring (bicyclic) bond motifs is 1. The van der Waals surface area contributed by atoms with E-state index in [-0.39, 0.29) is 5.91 Å². The number of aromatic nitrogens is 2. The topological polar surface area (TPSA) is 49.6 Å². The molecule has 1 amide bonds. The highest BCUT2D eigenvalue weighted by Crippen LogP contribution is 2.26. The smallest absolute Gasteiger partial charge is 0.244 e. The molecule has 1 N–H and O–H groups in total. The molecule has 0 spiro atoms. The minimum Gasteiger partial charge on any atom is -0.351 e. The molecule has 2 aromatic heterocycles. The number of carbonyl (C=O) groups is 1. The fourth-order valence-corrected chi connectivity index (χ4v) is 3.34. The van der Waals surface area contributed by atoms with Crippen LogP contribution in [0.15, 0.2) is 48.7 Å². The minimum atomic E-state index is -0.0888. The van der Waals surface area contributed by atoms with E-state index in [0.29, 0.717) is 6.54 Å². The SMILES string of the molecule is CCN(CC)CCNC(=O)/C=C/c1c(-c2ccc(C)cc2)nc2cc(C)ccn12. The summed E-state index contributed by atoms with van der Waals surface area (Å²) in [7, 11) is 0. The van der Waals surface area contributed by atoms with Gasteiger partial charge >= 0.3 is 0 Å². The van der Waals surface area contributed by atoms with Crippen molar-refractivity contribution in [2.24, 2.45) is 0 Å². The van der Waals surface area contributed by atoms with Gasteiger partial charge in [-0.25, -0.2) is 4.98 Å². The Balaban J connectivity index is 1.85.